The molecule has 0 spiro atoms. The lowest BCUT2D eigenvalue weighted by atomic mass is 10.2. The topological polar surface area (TPSA) is 82.2 Å². The molecule has 6 heteroatoms. The van der Waals surface area contributed by atoms with Crippen LogP contribution in [-0.4, -0.2) is 60.0 Å². The van der Waals surface area contributed by atoms with E-state index in [4.69, 9.17) is 10.9 Å². The number of carbonyl (C=O) groups excluding carboxylic acids is 1. The van der Waals surface area contributed by atoms with Gasteiger partial charge in [-0.15, -0.1) is 0 Å². The van der Waals surface area contributed by atoms with Crippen LogP contribution in [-0.2, 0) is 4.79 Å². The third-order valence-corrected chi connectivity index (χ3v) is 3.04. The first kappa shape index (κ1) is 12.8. The largest absolute Gasteiger partial charge is 0.409 e. The monoisotopic (exact) mass is 228 g/mol. The Morgan fingerprint density at radius 3 is 2.88 bits per heavy atom. The Balaban J connectivity index is 2.39. The maximum atomic E-state index is 11.6. The molecule has 3 N–H and O–H groups in total. The van der Waals surface area contributed by atoms with Gasteiger partial charge in [0.15, 0.2) is 0 Å². The van der Waals surface area contributed by atoms with E-state index < -0.39 is 0 Å². The van der Waals surface area contributed by atoms with Crippen molar-refractivity contribution in [3.63, 3.8) is 0 Å². The molecule has 1 saturated heterocycles. The van der Waals surface area contributed by atoms with E-state index in [1.807, 2.05) is 0 Å². The van der Waals surface area contributed by atoms with Crippen molar-refractivity contribution in [2.24, 2.45) is 10.9 Å². The second-order valence-corrected chi connectivity index (χ2v) is 4.32. The Morgan fingerprint density at radius 2 is 2.38 bits per heavy atom. The molecule has 92 valence electrons. The normalized spacial score (nSPS) is 22.4. The number of amides is 1. The van der Waals surface area contributed by atoms with Crippen molar-refractivity contribution in [1.29, 1.82) is 0 Å². The number of nitrogens with zero attached hydrogens (tertiary/aromatic N) is 3. The first-order chi connectivity index (χ1) is 7.54. The fraction of sp³-hybridized carbons (Fsp3) is 0.800. The first-order valence-corrected chi connectivity index (χ1v) is 5.45. The fourth-order valence-electron chi connectivity index (χ4n) is 1.95. The molecule has 0 aromatic rings. The smallest absolute Gasteiger partial charge is 0.230 e. The van der Waals surface area contributed by atoms with Gasteiger partial charge in [-0.25, -0.2) is 0 Å². The van der Waals surface area contributed by atoms with E-state index in [1.54, 1.807) is 11.9 Å². The van der Waals surface area contributed by atoms with Crippen molar-refractivity contribution in [3.8, 4) is 0 Å². The van der Waals surface area contributed by atoms with Gasteiger partial charge in [-0.3, -0.25) is 4.79 Å². The Labute approximate surface area is 95.7 Å². The van der Waals surface area contributed by atoms with Crippen LogP contribution >= 0.6 is 0 Å². The van der Waals surface area contributed by atoms with Gasteiger partial charge in [-0.2, -0.15) is 0 Å². The predicted molar refractivity (Wildman–Crippen MR) is 61.3 cm³/mol. The summed E-state index contributed by atoms with van der Waals surface area (Å²) in [6.45, 7) is 1.79. The summed E-state index contributed by atoms with van der Waals surface area (Å²) < 4.78 is 0. The molecule has 1 amide bonds. The van der Waals surface area contributed by atoms with Crippen LogP contribution in [0.3, 0.4) is 0 Å². The van der Waals surface area contributed by atoms with Crippen molar-refractivity contribution in [1.82, 2.24) is 9.80 Å². The quantitative estimate of drug-likeness (QED) is 0.299. The van der Waals surface area contributed by atoms with Crippen molar-refractivity contribution < 1.29 is 10.0 Å². The summed E-state index contributed by atoms with van der Waals surface area (Å²) in [5, 5.41) is 11.2. The SMILES string of the molecule is CN(CC1CCCN1C)C(=O)CC(N)=NO. The highest BCUT2D eigenvalue weighted by atomic mass is 16.4. The third kappa shape index (κ3) is 3.37. The summed E-state index contributed by atoms with van der Waals surface area (Å²) in [6, 6.07) is 0.432. The number of nitrogens with two attached hydrogens (primary N) is 1. The van der Waals surface area contributed by atoms with Crippen LogP contribution in [0.5, 0.6) is 0 Å². The van der Waals surface area contributed by atoms with Crippen LogP contribution in [0.25, 0.3) is 0 Å². The average molecular weight is 228 g/mol. The molecule has 1 aliphatic rings. The summed E-state index contributed by atoms with van der Waals surface area (Å²) in [4.78, 5) is 15.5. The highest BCUT2D eigenvalue weighted by Crippen LogP contribution is 2.15. The highest BCUT2D eigenvalue weighted by Gasteiger charge is 2.23. The first-order valence-electron chi connectivity index (χ1n) is 5.45. The van der Waals surface area contributed by atoms with Gasteiger partial charge in [0.25, 0.3) is 0 Å². The molecule has 16 heavy (non-hydrogen) atoms. The van der Waals surface area contributed by atoms with Crippen LogP contribution in [0, 0.1) is 0 Å². The minimum absolute atomic E-state index is 0.0244. The minimum Gasteiger partial charge on any atom is -0.409 e. The molecule has 0 aliphatic carbocycles. The van der Waals surface area contributed by atoms with Crippen molar-refractivity contribution in [2.45, 2.75) is 25.3 Å². The third-order valence-electron chi connectivity index (χ3n) is 3.04. The van der Waals surface area contributed by atoms with Crippen molar-refractivity contribution >= 4 is 11.7 Å². The Hall–Kier alpha value is -1.30. The van der Waals surface area contributed by atoms with Crippen molar-refractivity contribution in [3.05, 3.63) is 0 Å². The molecular weight excluding hydrogens is 208 g/mol. The maximum absolute atomic E-state index is 11.6. The van der Waals surface area contributed by atoms with Crippen molar-refractivity contribution in [2.75, 3.05) is 27.2 Å². The zero-order valence-electron chi connectivity index (χ0n) is 9.89. The van der Waals surface area contributed by atoms with E-state index in [1.165, 1.54) is 6.42 Å². The van der Waals surface area contributed by atoms with E-state index in [-0.39, 0.29) is 18.2 Å². The van der Waals surface area contributed by atoms with Gasteiger partial charge in [-0.05, 0) is 26.4 Å². The van der Waals surface area contributed by atoms with E-state index in [0.717, 1.165) is 13.0 Å². The standard InChI is InChI=1S/C10H20N4O2/c1-13-5-3-4-8(13)7-14(2)10(15)6-9(11)12-16/h8,16H,3-7H2,1-2H3,(H2,11,12). The molecule has 6 nitrogen and oxygen atoms in total. The molecule has 1 fully saturated rings. The van der Waals surface area contributed by atoms with Gasteiger partial charge in [0.2, 0.25) is 5.91 Å². The van der Waals surface area contributed by atoms with Gasteiger partial charge in [0.1, 0.15) is 5.84 Å². The molecule has 1 rings (SSSR count). The van der Waals surface area contributed by atoms with Gasteiger partial charge < -0.3 is 20.7 Å². The lowest BCUT2D eigenvalue weighted by Gasteiger charge is -2.25. The van der Waals surface area contributed by atoms with Crippen LogP contribution in [0.1, 0.15) is 19.3 Å². The zero-order chi connectivity index (χ0) is 12.1. The van der Waals surface area contributed by atoms with E-state index in [2.05, 4.69) is 17.1 Å². The van der Waals surface area contributed by atoms with Crippen LogP contribution in [0.15, 0.2) is 5.16 Å². The maximum Gasteiger partial charge on any atom is 0.230 e. The van der Waals surface area contributed by atoms with Crippen LogP contribution < -0.4 is 5.73 Å². The molecule has 1 heterocycles. The lowest BCUT2D eigenvalue weighted by Crippen LogP contribution is -2.40. The number of oxime groups is 1. The number of rotatable bonds is 4. The number of carbonyl (C=O) groups is 1. The lowest BCUT2D eigenvalue weighted by molar-refractivity contribution is -0.129. The molecule has 0 saturated carbocycles. The highest BCUT2D eigenvalue weighted by molar-refractivity contribution is 5.98. The molecule has 0 aromatic carbocycles. The number of likely N-dealkylation sites (N-methyl/N-ethyl adjacent to an activating group) is 2. The Bertz CT molecular complexity index is 280. The van der Waals surface area contributed by atoms with Gasteiger partial charge in [0, 0.05) is 19.6 Å². The molecule has 1 atom stereocenters. The number of hydrogen-bond acceptors (Lipinski definition) is 4. The fourth-order valence-corrected chi connectivity index (χ4v) is 1.95. The van der Waals surface area contributed by atoms with Gasteiger partial charge in [0.05, 0.1) is 6.42 Å². The molecule has 1 aliphatic heterocycles. The zero-order valence-corrected chi connectivity index (χ0v) is 9.89. The second kappa shape index (κ2) is 5.69. The van der Waals surface area contributed by atoms with E-state index in [9.17, 15) is 4.79 Å². The average Bonchev–Trinajstić information content (AvgIpc) is 2.64. The molecule has 1 unspecified atom stereocenters. The van der Waals surface area contributed by atoms with Gasteiger partial charge >= 0.3 is 0 Å². The molecular formula is C10H20N4O2. The van der Waals surface area contributed by atoms with Crippen LogP contribution in [0.2, 0.25) is 0 Å². The number of amidine groups is 1. The molecule has 0 aromatic heterocycles. The summed E-state index contributed by atoms with van der Waals surface area (Å²) in [7, 11) is 3.82. The summed E-state index contributed by atoms with van der Waals surface area (Å²) in [6.07, 6.45) is 2.28. The molecule has 0 bridgehead atoms. The summed E-state index contributed by atoms with van der Waals surface area (Å²) in [5.74, 6) is -0.160. The second-order valence-electron chi connectivity index (χ2n) is 4.32. The van der Waals surface area contributed by atoms with E-state index >= 15 is 0 Å². The Kier molecular flexibility index (Phi) is 4.54. The Morgan fingerprint density at radius 1 is 1.69 bits per heavy atom. The summed E-state index contributed by atoms with van der Waals surface area (Å²) in [5.41, 5.74) is 5.29. The van der Waals surface area contributed by atoms with Crippen LogP contribution in [0.4, 0.5) is 0 Å². The molecule has 0 radical (unpaired) electrons. The predicted octanol–water partition coefficient (Wildman–Crippen LogP) is -0.324. The minimum atomic E-state index is -0.115. The number of hydrogen-bond donors (Lipinski definition) is 2. The van der Waals surface area contributed by atoms with E-state index in [0.29, 0.717) is 12.6 Å². The van der Waals surface area contributed by atoms with Gasteiger partial charge in [-0.1, -0.05) is 5.16 Å². The number of likely N-dealkylation sites (tertiary alicyclic amines) is 1. The summed E-state index contributed by atoms with van der Waals surface area (Å²) >= 11 is 0.